The van der Waals surface area contributed by atoms with Crippen LogP contribution in [0, 0.1) is 13.8 Å². The number of anilines is 1. The molecule has 0 aliphatic carbocycles. The second-order valence-corrected chi connectivity index (χ2v) is 6.96. The van der Waals surface area contributed by atoms with E-state index in [2.05, 4.69) is 5.32 Å². The van der Waals surface area contributed by atoms with Gasteiger partial charge in [0.05, 0.1) is 6.54 Å². The Bertz CT molecular complexity index is 883. The normalized spacial score (nSPS) is 10.2. The molecule has 0 aliphatic heterocycles. The number of carbonyl (C=O) groups excluding carboxylic acids is 3. The first kappa shape index (κ1) is 22.2. The number of nitrogens with zero attached hydrogens (tertiary/aromatic N) is 1. The van der Waals surface area contributed by atoms with Crippen molar-refractivity contribution in [2.24, 2.45) is 0 Å². The standard InChI is InChI=1S/C21H23ClN2O5/c1-14-4-7-17(8-5-14)23-19(25)11-24(3)20(26)12-29-21(27)13-28-18-9-6-16(22)10-15(18)2/h4-10H,11-13H2,1-3H3,(H,23,25). The van der Waals surface area contributed by atoms with Gasteiger partial charge in [0.25, 0.3) is 5.91 Å². The van der Waals surface area contributed by atoms with E-state index in [-0.39, 0.29) is 19.1 Å². The number of benzene rings is 2. The predicted octanol–water partition coefficient (Wildman–Crippen LogP) is 2.98. The van der Waals surface area contributed by atoms with Crippen LogP contribution in [0.4, 0.5) is 5.69 Å². The summed E-state index contributed by atoms with van der Waals surface area (Å²) < 4.78 is 10.3. The lowest BCUT2D eigenvalue weighted by Crippen LogP contribution is -2.37. The van der Waals surface area contributed by atoms with Crippen LogP contribution in [0.25, 0.3) is 0 Å². The number of hydrogen-bond donors (Lipinski definition) is 1. The first-order valence-corrected chi connectivity index (χ1v) is 9.27. The molecule has 0 fully saturated rings. The maximum Gasteiger partial charge on any atom is 0.344 e. The molecule has 2 aromatic rings. The lowest BCUT2D eigenvalue weighted by atomic mass is 10.2. The number of carbonyl (C=O) groups is 3. The number of ether oxygens (including phenoxy) is 2. The van der Waals surface area contributed by atoms with Crippen LogP contribution in [-0.4, -0.2) is 49.5 Å². The Morgan fingerprint density at radius 1 is 1.03 bits per heavy atom. The number of nitrogens with one attached hydrogen (secondary N) is 1. The van der Waals surface area contributed by atoms with Crippen LogP contribution in [0.5, 0.6) is 5.75 Å². The summed E-state index contributed by atoms with van der Waals surface area (Å²) in [4.78, 5) is 37.1. The SMILES string of the molecule is Cc1ccc(NC(=O)CN(C)C(=O)COC(=O)COc2ccc(Cl)cc2C)cc1. The maximum absolute atomic E-state index is 12.1. The Kier molecular flexibility index (Phi) is 8.03. The number of likely N-dealkylation sites (N-methyl/N-ethyl adjacent to an activating group) is 1. The topological polar surface area (TPSA) is 84.9 Å². The zero-order valence-electron chi connectivity index (χ0n) is 16.5. The molecular weight excluding hydrogens is 396 g/mol. The molecule has 0 saturated heterocycles. The van der Waals surface area contributed by atoms with E-state index in [0.717, 1.165) is 11.1 Å². The van der Waals surface area contributed by atoms with E-state index in [4.69, 9.17) is 21.1 Å². The summed E-state index contributed by atoms with van der Waals surface area (Å²) in [7, 11) is 1.46. The van der Waals surface area contributed by atoms with Crippen molar-refractivity contribution in [1.82, 2.24) is 4.90 Å². The molecule has 2 rings (SSSR count). The molecule has 0 spiro atoms. The van der Waals surface area contributed by atoms with Gasteiger partial charge < -0.3 is 19.7 Å². The molecule has 0 aromatic heterocycles. The average Bonchev–Trinajstić information content (AvgIpc) is 2.67. The lowest BCUT2D eigenvalue weighted by molar-refractivity contribution is -0.153. The first-order valence-electron chi connectivity index (χ1n) is 8.89. The summed E-state index contributed by atoms with van der Waals surface area (Å²) in [5.74, 6) is -1.04. The third kappa shape index (κ3) is 7.46. The van der Waals surface area contributed by atoms with Crippen LogP contribution >= 0.6 is 11.6 Å². The molecule has 2 aromatic carbocycles. The smallest absolute Gasteiger partial charge is 0.344 e. The molecule has 8 heteroatoms. The first-order chi connectivity index (χ1) is 13.7. The minimum absolute atomic E-state index is 0.162. The summed E-state index contributed by atoms with van der Waals surface area (Å²) in [5.41, 5.74) is 2.50. The fourth-order valence-electron chi connectivity index (χ4n) is 2.35. The monoisotopic (exact) mass is 418 g/mol. The Hall–Kier alpha value is -3.06. The van der Waals surface area contributed by atoms with Crippen LogP contribution < -0.4 is 10.1 Å². The Morgan fingerprint density at radius 2 is 1.72 bits per heavy atom. The number of aryl methyl sites for hydroxylation is 2. The Morgan fingerprint density at radius 3 is 2.38 bits per heavy atom. The van der Waals surface area contributed by atoms with Gasteiger partial charge in [0.15, 0.2) is 13.2 Å². The highest BCUT2D eigenvalue weighted by Gasteiger charge is 2.16. The van der Waals surface area contributed by atoms with Crippen molar-refractivity contribution in [3.63, 3.8) is 0 Å². The predicted molar refractivity (Wildman–Crippen MR) is 110 cm³/mol. The van der Waals surface area contributed by atoms with Crippen LogP contribution in [-0.2, 0) is 19.1 Å². The van der Waals surface area contributed by atoms with Crippen molar-refractivity contribution in [3.05, 3.63) is 58.6 Å². The van der Waals surface area contributed by atoms with Gasteiger partial charge in [0.1, 0.15) is 5.75 Å². The molecule has 1 N–H and O–H groups in total. The van der Waals surface area contributed by atoms with Crippen LogP contribution in [0.1, 0.15) is 11.1 Å². The fourth-order valence-corrected chi connectivity index (χ4v) is 2.57. The maximum atomic E-state index is 12.1. The van der Waals surface area contributed by atoms with Crippen LogP contribution in [0.2, 0.25) is 5.02 Å². The average molecular weight is 419 g/mol. The van der Waals surface area contributed by atoms with E-state index < -0.39 is 18.5 Å². The van der Waals surface area contributed by atoms with Crippen LogP contribution in [0.15, 0.2) is 42.5 Å². The highest BCUT2D eigenvalue weighted by atomic mass is 35.5. The third-order valence-corrected chi connectivity index (χ3v) is 4.22. The fraction of sp³-hybridized carbons (Fsp3) is 0.286. The molecule has 29 heavy (non-hydrogen) atoms. The van der Waals surface area contributed by atoms with Gasteiger partial charge in [-0.1, -0.05) is 29.3 Å². The van der Waals surface area contributed by atoms with Crippen molar-refractivity contribution >= 4 is 35.1 Å². The van der Waals surface area contributed by atoms with Gasteiger partial charge in [-0.3, -0.25) is 9.59 Å². The highest BCUT2D eigenvalue weighted by molar-refractivity contribution is 6.30. The highest BCUT2D eigenvalue weighted by Crippen LogP contribution is 2.21. The van der Waals surface area contributed by atoms with Gasteiger partial charge in [-0.05, 0) is 49.7 Å². The Labute approximate surface area is 174 Å². The van der Waals surface area contributed by atoms with E-state index in [1.165, 1.54) is 11.9 Å². The van der Waals surface area contributed by atoms with Gasteiger partial charge >= 0.3 is 5.97 Å². The van der Waals surface area contributed by atoms with Gasteiger partial charge in [-0.25, -0.2) is 4.79 Å². The number of halogens is 1. The Balaban J connectivity index is 1.72. The number of amides is 2. The summed E-state index contributed by atoms with van der Waals surface area (Å²) in [6, 6.07) is 12.3. The van der Waals surface area contributed by atoms with Crippen molar-refractivity contribution in [1.29, 1.82) is 0 Å². The third-order valence-electron chi connectivity index (χ3n) is 3.98. The van der Waals surface area contributed by atoms with Gasteiger partial charge in [-0.15, -0.1) is 0 Å². The van der Waals surface area contributed by atoms with Crippen molar-refractivity contribution in [3.8, 4) is 5.75 Å². The summed E-state index contributed by atoms with van der Waals surface area (Å²) in [6.07, 6.45) is 0. The lowest BCUT2D eigenvalue weighted by Gasteiger charge is -2.17. The molecule has 0 bridgehead atoms. The zero-order chi connectivity index (χ0) is 21.4. The quantitative estimate of drug-likeness (QED) is 0.666. The summed E-state index contributed by atoms with van der Waals surface area (Å²) in [5, 5.41) is 3.26. The number of esters is 1. The van der Waals surface area contributed by atoms with Crippen molar-refractivity contribution < 1.29 is 23.9 Å². The molecule has 0 heterocycles. The minimum atomic E-state index is -0.690. The molecular formula is C21H23ClN2O5. The van der Waals surface area contributed by atoms with E-state index >= 15 is 0 Å². The molecule has 0 atom stereocenters. The van der Waals surface area contributed by atoms with E-state index in [9.17, 15) is 14.4 Å². The van der Waals surface area contributed by atoms with Crippen molar-refractivity contribution in [2.75, 3.05) is 32.1 Å². The molecule has 0 saturated carbocycles. The summed E-state index contributed by atoms with van der Waals surface area (Å²) >= 11 is 5.86. The van der Waals surface area contributed by atoms with Gasteiger partial charge in [0, 0.05) is 17.8 Å². The van der Waals surface area contributed by atoms with E-state index in [1.54, 1.807) is 37.3 Å². The van der Waals surface area contributed by atoms with Crippen molar-refractivity contribution in [2.45, 2.75) is 13.8 Å². The molecule has 0 radical (unpaired) electrons. The molecule has 0 aliphatic rings. The van der Waals surface area contributed by atoms with E-state index in [0.29, 0.717) is 16.5 Å². The van der Waals surface area contributed by atoms with Crippen LogP contribution in [0.3, 0.4) is 0 Å². The van der Waals surface area contributed by atoms with E-state index in [1.807, 2.05) is 19.1 Å². The second kappa shape index (κ2) is 10.5. The molecule has 154 valence electrons. The molecule has 0 unspecified atom stereocenters. The minimum Gasteiger partial charge on any atom is -0.482 e. The largest absolute Gasteiger partial charge is 0.482 e. The molecule has 7 nitrogen and oxygen atoms in total. The number of hydrogen-bond acceptors (Lipinski definition) is 5. The summed E-state index contributed by atoms with van der Waals surface area (Å²) in [6.45, 7) is 2.77. The van der Waals surface area contributed by atoms with Gasteiger partial charge in [0.2, 0.25) is 5.91 Å². The number of rotatable bonds is 8. The molecule has 2 amide bonds. The second-order valence-electron chi connectivity index (χ2n) is 6.52. The zero-order valence-corrected chi connectivity index (χ0v) is 17.3. The van der Waals surface area contributed by atoms with Gasteiger partial charge in [-0.2, -0.15) is 0 Å².